The van der Waals surface area contributed by atoms with Gasteiger partial charge in [-0.1, -0.05) is 48.5 Å². The van der Waals surface area contributed by atoms with E-state index in [0.29, 0.717) is 5.75 Å². The van der Waals surface area contributed by atoms with Crippen molar-refractivity contribution in [2.75, 3.05) is 11.9 Å². The minimum absolute atomic E-state index is 0.0364. The number of fused-ring (bicyclic) bond motifs is 1. The summed E-state index contributed by atoms with van der Waals surface area (Å²) in [5.41, 5.74) is 1.83. The van der Waals surface area contributed by atoms with Crippen molar-refractivity contribution in [1.29, 1.82) is 0 Å². The van der Waals surface area contributed by atoms with E-state index in [4.69, 9.17) is 4.74 Å². The lowest BCUT2D eigenvalue weighted by Crippen LogP contribution is -2.20. The van der Waals surface area contributed by atoms with E-state index in [1.807, 2.05) is 67.6 Å². The molecule has 0 heterocycles. The molecule has 1 amide bonds. The predicted molar refractivity (Wildman–Crippen MR) is 97.0 cm³/mol. The van der Waals surface area contributed by atoms with Crippen molar-refractivity contribution in [3.8, 4) is 5.75 Å². The van der Waals surface area contributed by atoms with Crippen LogP contribution in [-0.4, -0.2) is 12.5 Å². The maximum atomic E-state index is 12.1. The molecule has 116 valence electrons. The fourth-order valence-corrected chi connectivity index (χ4v) is 2.98. The molecule has 3 nitrogen and oxygen atoms in total. The van der Waals surface area contributed by atoms with Gasteiger partial charge in [-0.15, -0.1) is 0 Å². The Morgan fingerprint density at radius 2 is 1.78 bits per heavy atom. The number of benzene rings is 3. The topological polar surface area (TPSA) is 38.3 Å². The summed E-state index contributed by atoms with van der Waals surface area (Å²) in [5.74, 6) is 0.475. The van der Waals surface area contributed by atoms with Crippen molar-refractivity contribution in [3.63, 3.8) is 0 Å². The average Bonchev–Trinajstić information content (AvgIpc) is 2.57. The molecule has 0 saturated heterocycles. The molecule has 0 unspecified atom stereocenters. The van der Waals surface area contributed by atoms with Gasteiger partial charge in [0.05, 0.1) is 4.47 Å². The minimum Gasteiger partial charge on any atom is -0.483 e. The molecule has 0 aliphatic carbocycles. The zero-order valence-electron chi connectivity index (χ0n) is 12.7. The molecule has 0 saturated carbocycles. The fraction of sp³-hybridized carbons (Fsp3) is 0.105. The van der Waals surface area contributed by atoms with Crippen LogP contribution in [0.2, 0.25) is 0 Å². The lowest BCUT2D eigenvalue weighted by atomic mass is 10.1. The largest absolute Gasteiger partial charge is 0.483 e. The minimum atomic E-state index is -0.181. The van der Waals surface area contributed by atoms with Gasteiger partial charge in [0.2, 0.25) is 0 Å². The van der Waals surface area contributed by atoms with Crippen LogP contribution in [0, 0.1) is 6.92 Å². The van der Waals surface area contributed by atoms with E-state index in [1.54, 1.807) is 0 Å². The molecule has 0 aliphatic rings. The second-order valence-electron chi connectivity index (χ2n) is 5.25. The Labute approximate surface area is 143 Å². The summed E-state index contributed by atoms with van der Waals surface area (Å²) in [6.07, 6.45) is 0. The zero-order chi connectivity index (χ0) is 16.2. The molecular formula is C19H16BrNO2. The quantitative estimate of drug-likeness (QED) is 0.707. The maximum absolute atomic E-state index is 12.1. The number of hydrogen-bond acceptors (Lipinski definition) is 2. The summed E-state index contributed by atoms with van der Waals surface area (Å²) >= 11 is 3.55. The summed E-state index contributed by atoms with van der Waals surface area (Å²) in [6.45, 7) is 1.92. The summed E-state index contributed by atoms with van der Waals surface area (Å²) in [6, 6.07) is 19.5. The second-order valence-corrected chi connectivity index (χ2v) is 6.04. The number of amides is 1. The number of para-hydroxylation sites is 1. The number of anilines is 1. The first-order valence-electron chi connectivity index (χ1n) is 7.30. The highest BCUT2D eigenvalue weighted by molar-refractivity contribution is 9.10. The molecular weight excluding hydrogens is 354 g/mol. The number of carbonyl (C=O) groups excluding carboxylic acids is 1. The summed E-state index contributed by atoms with van der Waals surface area (Å²) in [5, 5.41) is 5.04. The Morgan fingerprint density at radius 1 is 1.04 bits per heavy atom. The number of ether oxygens (including phenoxy) is 1. The molecule has 0 bridgehead atoms. The summed E-state index contributed by atoms with van der Waals surface area (Å²) in [7, 11) is 0. The Hall–Kier alpha value is -2.33. The van der Waals surface area contributed by atoms with Gasteiger partial charge in [-0.05, 0) is 51.3 Å². The van der Waals surface area contributed by atoms with Crippen LogP contribution in [0.5, 0.6) is 5.75 Å². The lowest BCUT2D eigenvalue weighted by Gasteiger charge is -2.11. The maximum Gasteiger partial charge on any atom is 0.262 e. The van der Waals surface area contributed by atoms with Crippen molar-refractivity contribution >= 4 is 38.3 Å². The van der Waals surface area contributed by atoms with Gasteiger partial charge in [0.25, 0.3) is 5.91 Å². The number of halogens is 1. The van der Waals surface area contributed by atoms with E-state index in [2.05, 4.69) is 21.2 Å². The van der Waals surface area contributed by atoms with Crippen LogP contribution >= 0.6 is 15.9 Å². The van der Waals surface area contributed by atoms with E-state index in [-0.39, 0.29) is 12.5 Å². The van der Waals surface area contributed by atoms with Crippen molar-refractivity contribution < 1.29 is 9.53 Å². The van der Waals surface area contributed by atoms with Gasteiger partial charge in [-0.2, -0.15) is 0 Å². The van der Waals surface area contributed by atoms with Gasteiger partial charge >= 0.3 is 0 Å². The van der Waals surface area contributed by atoms with Crippen molar-refractivity contribution in [3.05, 3.63) is 70.7 Å². The molecule has 3 aromatic carbocycles. The highest BCUT2D eigenvalue weighted by Crippen LogP contribution is 2.33. The molecule has 0 spiro atoms. The first kappa shape index (κ1) is 15.6. The Morgan fingerprint density at radius 3 is 2.61 bits per heavy atom. The third-order valence-electron chi connectivity index (χ3n) is 3.61. The molecule has 1 N–H and O–H groups in total. The van der Waals surface area contributed by atoms with Crippen LogP contribution in [0.25, 0.3) is 10.8 Å². The van der Waals surface area contributed by atoms with E-state index in [0.717, 1.165) is 26.5 Å². The van der Waals surface area contributed by atoms with E-state index in [1.165, 1.54) is 0 Å². The zero-order valence-corrected chi connectivity index (χ0v) is 14.3. The normalized spacial score (nSPS) is 10.5. The van der Waals surface area contributed by atoms with E-state index < -0.39 is 0 Å². The van der Waals surface area contributed by atoms with Crippen molar-refractivity contribution in [2.24, 2.45) is 0 Å². The Kier molecular flexibility index (Phi) is 4.63. The number of carbonyl (C=O) groups is 1. The average molecular weight is 370 g/mol. The van der Waals surface area contributed by atoms with Gasteiger partial charge in [0.1, 0.15) is 5.75 Å². The predicted octanol–water partition coefficient (Wildman–Crippen LogP) is 4.93. The Balaban J connectivity index is 1.70. The first-order chi connectivity index (χ1) is 11.1. The molecule has 0 radical (unpaired) electrons. The molecule has 23 heavy (non-hydrogen) atoms. The molecule has 0 atom stereocenters. The molecule has 4 heteroatoms. The molecule has 0 aromatic heterocycles. The third kappa shape index (κ3) is 3.54. The number of aryl methyl sites for hydroxylation is 1. The van der Waals surface area contributed by atoms with E-state index in [9.17, 15) is 4.79 Å². The van der Waals surface area contributed by atoms with Crippen LogP contribution in [0.3, 0.4) is 0 Å². The molecule has 3 rings (SSSR count). The van der Waals surface area contributed by atoms with Gasteiger partial charge in [0, 0.05) is 5.69 Å². The van der Waals surface area contributed by atoms with Gasteiger partial charge in [-0.3, -0.25) is 4.79 Å². The Bertz CT molecular complexity index is 861. The monoisotopic (exact) mass is 369 g/mol. The third-order valence-corrected chi connectivity index (χ3v) is 4.42. The SMILES string of the molecule is Cc1ccccc1NC(=O)COc1ccc2ccccc2c1Br. The second kappa shape index (κ2) is 6.84. The highest BCUT2D eigenvalue weighted by Gasteiger charge is 2.09. The molecule has 0 aliphatic heterocycles. The lowest BCUT2D eigenvalue weighted by molar-refractivity contribution is -0.118. The standard InChI is InChI=1S/C19H16BrNO2/c1-13-6-2-5-9-16(13)21-18(22)12-23-17-11-10-14-7-3-4-8-15(14)19(17)20/h2-11H,12H2,1H3,(H,21,22). The van der Waals surface area contributed by atoms with Gasteiger partial charge in [0.15, 0.2) is 6.61 Å². The van der Waals surface area contributed by atoms with Gasteiger partial charge in [-0.25, -0.2) is 0 Å². The van der Waals surface area contributed by atoms with E-state index >= 15 is 0 Å². The van der Waals surface area contributed by atoms with Crippen LogP contribution < -0.4 is 10.1 Å². The number of hydrogen-bond donors (Lipinski definition) is 1. The van der Waals surface area contributed by atoms with Crippen LogP contribution in [0.4, 0.5) is 5.69 Å². The van der Waals surface area contributed by atoms with Crippen LogP contribution in [-0.2, 0) is 4.79 Å². The molecule has 0 fully saturated rings. The number of nitrogens with one attached hydrogen (secondary N) is 1. The smallest absolute Gasteiger partial charge is 0.262 e. The summed E-state index contributed by atoms with van der Waals surface area (Å²) < 4.78 is 6.52. The van der Waals surface area contributed by atoms with Crippen molar-refractivity contribution in [1.82, 2.24) is 0 Å². The van der Waals surface area contributed by atoms with Crippen LogP contribution in [0.15, 0.2) is 65.1 Å². The van der Waals surface area contributed by atoms with Crippen molar-refractivity contribution in [2.45, 2.75) is 6.92 Å². The van der Waals surface area contributed by atoms with Gasteiger partial charge < -0.3 is 10.1 Å². The highest BCUT2D eigenvalue weighted by atomic mass is 79.9. The summed E-state index contributed by atoms with van der Waals surface area (Å²) in [4.78, 5) is 12.1. The fourth-order valence-electron chi connectivity index (χ4n) is 2.37. The number of rotatable bonds is 4. The first-order valence-corrected chi connectivity index (χ1v) is 8.10. The van der Waals surface area contributed by atoms with Crippen LogP contribution in [0.1, 0.15) is 5.56 Å². The molecule has 3 aromatic rings.